The summed E-state index contributed by atoms with van der Waals surface area (Å²) in [6.45, 7) is 8.33. The van der Waals surface area contributed by atoms with Gasteiger partial charge in [0.15, 0.2) is 0 Å². The lowest BCUT2D eigenvalue weighted by atomic mass is 10.0. The second-order valence-corrected chi connectivity index (χ2v) is 8.27. The van der Waals surface area contributed by atoms with Crippen LogP contribution in [-0.4, -0.2) is 29.5 Å². The van der Waals surface area contributed by atoms with E-state index in [2.05, 4.69) is 10.6 Å². The molecule has 1 aliphatic heterocycles. The van der Waals surface area contributed by atoms with E-state index in [0.717, 1.165) is 16.8 Å². The molecule has 0 saturated carbocycles. The maximum Gasteiger partial charge on any atom is 0.325 e. The van der Waals surface area contributed by atoms with Gasteiger partial charge in [0.05, 0.1) is 11.7 Å². The molecule has 0 aromatic heterocycles. The molecule has 28 heavy (non-hydrogen) atoms. The Labute approximate surface area is 166 Å². The number of carbonyl (C=O) groups excluding carboxylic acids is 2. The van der Waals surface area contributed by atoms with Gasteiger partial charge in [-0.05, 0) is 57.0 Å². The monoisotopic (exact) mass is 380 g/mol. The number of fused-ring (bicyclic) bond motifs is 1. The number of urea groups is 2. The second kappa shape index (κ2) is 7.54. The standard InChI is InChI=1S/C22H28N4O2/c1-15(16-9-7-6-8-10-16)26-19-12-11-18(23-20(27)24-22(2,3)4)13-17(19)14-25(5)21(26)28/h6-13,15H,14H2,1-5H3,(H2,23,24,27)/t15-/m0/s1. The zero-order valence-corrected chi connectivity index (χ0v) is 17.1. The van der Waals surface area contributed by atoms with Gasteiger partial charge in [0.25, 0.3) is 0 Å². The van der Waals surface area contributed by atoms with E-state index < -0.39 is 0 Å². The van der Waals surface area contributed by atoms with E-state index >= 15 is 0 Å². The van der Waals surface area contributed by atoms with Crippen molar-refractivity contribution in [2.24, 2.45) is 0 Å². The second-order valence-electron chi connectivity index (χ2n) is 8.27. The van der Waals surface area contributed by atoms with Crippen molar-refractivity contribution >= 4 is 23.4 Å². The number of hydrogen-bond donors (Lipinski definition) is 2. The van der Waals surface area contributed by atoms with Gasteiger partial charge in [-0.2, -0.15) is 0 Å². The summed E-state index contributed by atoms with van der Waals surface area (Å²) in [7, 11) is 1.79. The topological polar surface area (TPSA) is 64.7 Å². The van der Waals surface area contributed by atoms with E-state index in [1.54, 1.807) is 11.9 Å². The first-order chi connectivity index (χ1) is 13.2. The van der Waals surface area contributed by atoms with Crippen LogP contribution < -0.4 is 15.5 Å². The summed E-state index contributed by atoms with van der Waals surface area (Å²) in [6.07, 6.45) is 0. The molecule has 0 bridgehead atoms. The zero-order valence-electron chi connectivity index (χ0n) is 17.1. The van der Waals surface area contributed by atoms with Gasteiger partial charge >= 0.3 is 12.1 Å². The quantitative estimate of drug-likeness (QED) is 0.808. The van der Waals surface area contributed by atoms with Crippen LogP contribution in [0.1, 0.15) is 44.9 Å². The molecule has 4 amide bonds. The van der Waals surface area contributed by atoms with Crippen LogP contribution in [-0.2, 0) is 6.54 Å². The van der Waals surface area contributed by atoms with Gasteiger partial charge < -0.3 is 15.5 Å². The van der Waals surface area contributed by atoms with Gasteiger partial charge in [0, 0.05) is 24.8 Å². The fourth-order valence-electron chi connectivity index (χ4n) is 3.39. The normalized spacial score (nSPS) is 15.1. The summed E-state index contributed by atoms with van der Waals surface area (Å²) in [4.78, 5) is 28.6. The van der Waals surface area contributed by atoms with E-state index in [9.17, 15) is 9.59 Å². The summed E-state index contributed by atoms with van der Waals surface area (Å²) >= 11 is 0. The van der Waals surface area contributed by atoms with Crippen molar-refractivity contribution in [1.82, 2.24) is 10.2 Å². The number of nitrogens with one attached hydrogen (secondary N) is 2. The highest BCUT2D eigenvalue weighted by molar-refractivity contribution is 5.96. The highest BCUT2D eigenvalue weighted by Crippen LogP contribution is 2.36. The Kier molecular flexibility index (Phi) is 5.31. The third-order valence-corrected chi connectivity index (χ3v) is 4.69. The first-order valence-corrected chi connectivity index (χ1v) is 9.47. The molecule has 0 radical (unpaired) electrons. The van der Waals surface area contributed by atoms with Crippen molar-refractivity contribution in [3.63, 3.8) is 0 Å². The molecule has 2 N–H and O–H groups in total. The van der Waals surface area contributed by atoms with Crippen LogP contribution in [0.15, 0.2) is 48.5 Å². The van der Waals surface area contributed by atoms with Gasteiger partial charge in [-0.3, -0.25) is 4.90 Å². The van der Waals surface area contributed by atoms with Gasteiger partial charge in [-0.15, -0.1) is 0 Å². The minimum Gasteiger partial charge on any atom is -0.333 e. The van der Waals surface area contributed by atoms with E-state index in [4.69, 9.17) is 0 Å². The highest BCUT2D eigenvalue weighted by atomic mass is 16.2. The van der Waals surface area contributed by atoms with Crippen molar-refractivity contribution < 1.29 is 9.59 Å². The Hall–Kier alpha value is -3.02. The number of rotatable bonds is 3. The van der Waals surface area contributed by atoms with Crippen LogP contribution in [0.3, 0.4) is 0 Å². The Bertz CT molecular complexity index is 874. The molecule has 0 saturated heterocycles. The zero-order chi connectivity index (χ0) is 20.5. The van der Waals surface area contributed by atoms with Crippen LogP contribution in [0, 0.1) is 0 Å². The third kappa shape index (κ3) is 4.27. The average Bonchev–Trinajstić information content (AvgIpc) is 2.61. The molecule has 0 fully saturated rings. The smallest absolute Gasteiger partial charge is 0.325 e. The number of benzene rings is 2. The largest absolute Gasteiger partial charge is 0.333 e. The van der Waals surface area contributed by atoms with E-state index in [1.807, 2.05) is 81.1 Å². The molecule has 148 valence electrons. The summed E-state index contributed by atoms with van der Waals surface area (Å²) < 4.78 is 0. The lowest BCUT2D eigenvalue weighted by molar-refractivity contribution is 0.208. The molecular formula is C22H28N4O2. The lowest BCUT2D eigenvalue weighted by Crippen LogP contribution is -2.46. The van der Waals surface area contributed by atoms with Crippen LogP contribution in [0.5, 0.6) is 0 Å². The predicted octanol–water partition coefficient (Wildman–Crippen LogP) is 4.74. The summed E-state index contributed by atoms with van der Waals surface area (Å²) in [6, 6.07) is 15.3. The highest BCUT2D eigenvalue weighted by Gasteiger charge is 2.32. The first kappa shape index (κ1) is 19.7. The van der Waals surface area contributed by atoms with Gasteiger partial charge in [-0.25, -0.2) is 9.59 Å². The number of anilines is 2. The number of amides is 4. The van der Waals surface area contributed by atoms with Crippen molar-refractivity contribution in [2.45, 2.75) is 45.8 Å². The molecule has 6 nitrogen and oxygen atoms in total. The molecule has 6 heteroatoms. The van der Waals surface area contributed by atoms with Gasteiger partial charge in [0.1, 0.15) is 0 Å². The van der Waals surface area contributed by atoms with E-state index in [-0.39, 0.29) is 23.6 Å². The molecule has 3 rings (SSSR count). The molecular weight excluding hydrogens is 352 g/mol. The van der Waals surface area contributed by atoms with Crippen molar-refractivity contribution in [1.29, 1.82) is 0 Å². The Morgan fingerprint density at radius 1 is 1.11 bits per heavy atom. The summed E-state index contributed by atoms with van der Waals surface area (Å²) in [5.74, 6) is 0. The van der Waals surface area contributed by atoms with E-state index in [0.29, 0.717) is 12.2 Å². The lowest BCUT2D eigenvalue weighted by Gasteiger charge is -2.39. The molecule has 0 aliphatic carbocycles. The van der Waals surface area contributed by atoms with Crippen LogP contribution in [0.4, 0.5) is 21.0 Å². The van der Waals surface area contributed by atoms with Crippen LogP contribution >= 0.6 is 0 Å². The molecule has 0 spiro atoms. The summed E-state index contributed by atoms with van der Waals surface area (Å²) in [5.41, 5.74) is 3.34. The minimum absolute atomic E-state index is 0.0324. The molecule has 2 aromatic rings. The van der Waals surface area contributed by atoms with Crippen LogP contribution in [0.25, 0.3) is 0 Å². The first-order valence-electron chi connectivity index (χ1n) is 9.47. The number of carbonyl (C=O) groups is 2. The van der Waals surface area contributed by atoms with Crippen molar-refractivity contribution in [3.8, 4) is 0 Å². The molecule has 2 aromatic carbocycles. The minimum atomic E-state index is -0.313. The van der Waals surface area contributed by atoms with Crippen molar-refractivity contribution in [3.05, 3.63) is 59.7 Å². The fourth-order valence-corrected chi connectivity index (χ4v) is 3.39. The maximum atomic E-state index is 12.9. The maximum absolute atomic E-state index is 12.9. The van der Waals surface area contributed by atoms with Gasteiger partial charge in [-0.1, -0.05) is 30.3 Å². The third-order valence-electron chi connectivity index (χ3n) is 4.69. The Morgan fingerprint density at radius 3 is 2.43 bits per heavy atom. The Balaban J connectivity index is 1.89. The molecule has 1 heterocycles. The van der Waals surface area contributed by atoms with Crippen molar-refractivity contribution in [2.75, 3.05) is 17.3 Å². The molecule has 0 unspecified atom stereocenters. The SMILES string of the molecule is C[C@@H](c1ccccc1)N1C(=O)N(C)Cc2cc(NC(=O)NC(C)(C)C)ccc21. The van der Waals surface area contributed by atoms with Gasteiger partial charge in [0.2, 0.25) is 0 Å². The molecule has 1 aliphatic rings. The van der Waals surface area contributed by atoms with Crippen LogP contribution in [0.2, 0.25) is 0 Å². The number of hydrogen-bond acceptors (Lipinski definition) is 2. The fraction of sp³-hybridized carbons (Fsp3) is 0.364. The number of nitrogens with zero attached hydrogens (tertiary/aromatic N) is 2. The average molecular weight is 380 g/mol. The Morgan fingerprint density at radius 2 is 1.79 bits per heavy atom. The summed E-state index contributed by atoms with van der Waals surface area (Å²) in [5, 5.41) is 5.77. The predicted molar refractivity (Wildman–Crippen MR) is 113 cm³/mol. The molecule has 1 atom stereocenters. The van der Waals surface area contributed by atoms with E-state index in [1.165, 1.54) is 0 Å².